The van der Waals surface area contributed by atoms with Gasteiger partial charge in [-0.1, -0.05) is 0 Å². The quantitative estimate of drug-likeness (QED) is 0.273. The predicted molar refractivity (Wildman–Crippen MR) is 126 cm³/mol. The van der Waals surface area contributed by atoms with Crippen molar-refractivity contribution in [2.75, 3.05) is 6.61 Å². The van der Waals surface area contributed by atoms with Gasteiger partial charge in [0.25, 0.3) is 0 Å². The molecule has 0 aliphatic carbocycles. The van der Waals surface area contributed by atoms with Gasteiger partial charge in [0.15, 0.2) is 5.82 Å². The number of rotatable bonds is 9. The predicted octanol–water partition coefficient (Wildman–Crippen LogP) is 5.11. The van der Waals surface area contributed by atoms with Crippen molar-refractivity contribution in [3.63, 3.8) is 0 Å². The standard InChI is InChI=1S/C25H27FN6O2/c1-4-34-25(33)15(2)16(3)32-14-17(8-6-5-7-9-27)20-12-30-23(31-24(20)32)21-13-29-22-19(21)10-18(26)11-28-22/h10-16H,4-8H2,1-3H3,(H,28,29)/t15-,16-/m1/s1. The third-order valence-corrected chi connectivity index (χ3v) is 6.20. The molecule has 0 amide bonds. The van der Waals surface area contributed by atoms with Crippen molar-refractivity contribution >= 4 is 28.0 Å². The number of esters is 1. The SMILES string of the molecule is CCOC(=O)[C@H](C)[C@@H](C)n1cc(CCCCC#N)c2cnc(-c3c[nH]c4ncc(F)cc34)nc21. The topological polar surface area (TPSA) is 109 Å². The summed E-state index contributed by atoms with van der Waals surface area (Å²) in [5, 5.41) is 10.3. The van der Waals surface area contributed by atoms with Gasteiger partial charge in [0.1, 0.15) is 17.1 Å². The number of halogens is 1. The molecule has 0 aliphatic rings. The fourth-order valence-electron chi connectivity index (χ4n) is 4.13. The van der Waals surface area contributed by atoms with Crippen molar-refractivity contribution in [1.82, 2.24) is 24.5 Å². The number of pyridine rings is 1. The average Bonchev–Trinajstić information content (AvgIpc) is 3.42. The summed E-state index contributed by atoms with van der Waals surface area (Å²) in [6, 6.07) is 3.38. The van der Waals surface area contributed by atoms with Gasteiger partial charge in [-0.3, -0.25) is 4.79 Å². The lowest BCUT2D eigenvalue weighted by Crippen LogP contribution is -2.24. The summed E-state index contributed by atoms with van der Waals surface area (Å²) in [5.41, 5.74) is 2.97. The number of fused-ring (bicyclic) bond motifs is 2. The highest BCUT2D eigenvalue weighted by Crippen LogP contribution is 2.31. The van der Waals surface area contributed by atoms with Gasteiger partial charge >= 0.3 is 5.97 Å². The van der Waals surface area contributed by atoms with Gasteiger partial charge in [0.05, 0.1) is 24.8 Å². The Morgan fingerprint density at radius 2 is 2.09 bits per heavy atom. The van der Waals surface area contributed by atoms with Crippen molar-refractivity contribution < 1.29 is 13.9 Å². The number of ether oxygens (including phenoxy) is 1. The Kier molecular flexibility index (Phi) is 6.87. The van der Waals surface area contributed by atoms with Crippen LogP contribution in [0.2, 0.25) is 0 Å². The van der Waals surface area contributed by atoms with E-state index in [2.05, 4.69) is 21.0 Å². The molecule has 8 nitrogen and oxygen atoms in total. The van der Waals surface area contributed by atoms with Crippen LogP contribution in [0.5, 0.6) is 0 Å². The first-order valence-electron chi connectivity index (χ1n) is 11.5. The highest BCUT2D eigenvalue weighted by molar-refractivity contribution is 5.92. The normalized spacial score (nSPS) is 13.1. The third-order valence-electron chi connectivity index (χ3n) is 6.20. The number of nitriles is 1. The summed E-state index contributed by atoms with van der Waals surface area (Å²) in [4.78, 5) is 29.0. The highest BCUT2D eigenvalue weighted by atomic mass is 19.1. The van der Waals surface area contributed by atoms with E-state index in [-0.39, 0.29) is 17.9 Å². The lowest BCUT2D eigenvalue weighted by atomic mass is 10.0. The summed E-state index contributed by atoms with van der Waals surface area (Å²) in [6.45, 7) is 5.92. The van der Waals surface area contributed by atoms with Crippen molar-refractivity contribution in [2.24, 2.45) is 5.92 Å². The number of hydrogen-bond donors (Lipinski definition) is 1. The third kappa shape index (κ3) is 4.49. The lowest BCUT2D eigenvalue weighted by molar-refractivity contribution is -0.148. The number of nitrogens with zero attached hydrogens (tertiary/aromatic N) is 5. The molecule has 1 N–H and O–H groups in total. The summed E-state index contributed by atoms with van der Waals surface area (Å²) in [7, 11) is 0. The maximum atomic E-state index is 13.9. The molecule has 0 bridgehead atoms. The Morgan fingerprint density at radius 1 is 1.26 bits per heavy atom. The molecule has 0 spiro atoms. The van der Waals surface area contributed by atoms with Gasteiger partial charge in [-0.25, -0.2) is 19.3 Å². The minimum atomic E-state index is -0.436. The van der Waals surface area contributed by atoms with Gasteiger partial charge in [0, 0.05) is 47.4 Å². The summed E-state index contributed by atoms with van der Waals surface area (Å²) in [6.07, 6.45) is 9.65. The molecule has 4 aromatic heterocycles. The average molecular weight is 463 g/mol. The molecule has 2 atom stereocenters. The smallest absolute Gasteiger partial charge is 0.310 e. The minimum absolute atomic E-state index is 0.209. The molecule has 4 rings (SSSR count). The van der Waals surface area contributed by atoms with E-state index >= 15 is 0 Å². The van der Waals surface area contributed by atoms with E-state index < -0.39 is 5.82 Å². The molecule has 0 unspecified atom stereocenters. The zero-order chi connectivity index (χ0) is 24.2. The van der Waals surface area contributed by atoms with Crippen LogP contribution in [0.25, 0.3) is 33.5 Å². The second kappa shape index (κ2) is 10.00. The summed E-state index contributed by atoms with van der Waals surface area (Å²) >= 11 is 0. The number of H-pyrrole nitrogens is 1. The molecule has 0 saturated heterocycles. The van der Waals surface area contributed by atoms with Crippen LogP contribution in [0, 0.1) is 23.1 Å². The monoisotopic (exact) mass is 462 g/mol. The number of nitrogens with one attached hydrogen (secondary N) is 1. The first-order chi connectivity index (χ1) is 16.4. The second-order valence-corrected chi connectivity index (χ2v) is 8.39. The Balaban J connectivity index is 1.79. The van der Waals surface area contributed by atoms with E-state index in [4.69, 9.17) is 15.0 Å². The van der Waals surface area contributed by atoms with Crippen molar-refractivity contribution in [3.05, 3.63) is 42.2 Å². The number of aromatic nitrogens is 5. The van der Waals surface area contributed by atoms with Crippen LogP contribution in [0.4, 0.5) is 4.39 Å². The molecule has 0 radical (unpaired) electrons. The molecule has 34 heavy (non-hydrogen) atoms. The Bertz CT molecular complexity index is 1370. The highest BCUT2D eigenvalue weighted by Gasteiger charge is 2.26. The van der Waals surface area contributed by atoms with Crippen LogP contribution in [0.15, 0.2) is 30.9 Å². The van der Waals surface area contributed by atoms with Crippen LogP contribution in [0.3, 0.4) is 0 Å². The van der Waals surface area contributed by atoms with E-state index in [1.54, 1.807) is 19.3 Å². The second-order valence-electron chi connectivity index (χ2n) is 8.39. The fraction of sp³-hybridized carbons (Fsp3) is 0.400. The van der Waals surface area contributed by atoms with E-state index in [0.717, 1.165) is 36.4 Å². The maximum Gasteiger partial charge on any atom is 0.310 e. The molecule has 0 fully saturated rings. The summed E-state index contributed by atoms with van der Waals surface area (Å²) < 4.78 is 21.1. The van der Waals surface area contributed by atoms with Crippen molar-refractivity contribution in [1.29, 1.82) is 5.26 Å². The maximum absolute atomic E-state index is 13.9. The summed E-state index contributed by atoms with van der Waals surface area (Å²) in [5.74, 6) is -0.640. The molecular weight excluding hydrogens is 435 g/mol. The van der Waals surface area contributed by atoms with Gasteiger partial charge < -0.3 is 14.3 Å². The zero-order valence-corrected chi connectivity index (χ0v) is 19.5. The molecule has 176 valence electrons. The lowest BCUT2D eigenvalue weighted by Gasteiger charge is -2.20. The van der Waals surface area contributed by atoms with E-state index in [0.29, 0.717) is 41.1 Å². The number of unbranched alkanes of at least 4 members (excludes halogenated alkanes) is 2. The number of hydrogen-bond acceptors (Lipinski definition) is 6. The first kappa shape index (κ1) is 23.4. The van der Waals surface area contributed by atoms with Crippen molar-refractivity contribution in [3.8, 4) is 17.5 Å². The fourth-order valence-corrected chi connectivity index (χ4v) is 4.13. The number of aromatic amines is 1. The molecule has 0 saturated carbocycles. The van der Waals surface area contributed by atoms with Crippen LogP contribution in [-0.4, -0.2) is 37.1 Å². The molecule has 4 heterocycles. The molecule has 9 heteroatoms. The van der Waals surface area contributed by atoms with E-state index in [1.807, 2.05) is 24.6 Å². The largest absolute Gasteiger partial charge is 0.466 e. The van der Waals surface area contributed by atoms with Crippen LogP contribution >= 0.6 is 0 Å². The Labute approximate surface area is 196 Å². The van der Waals surface area contributed by atoms with Gasteiger partial charge in [0.2, 0.25) is 0 Å². The Hall–Kier alpha value is -3.80. The number of carbonyl (C=O) groups is 1. The first-order valence-corrected chi connectivity index (χ1v) is 11.5. The Morgan fingerprint density at radius 3 is 2.85 bits per heavy atom. The van der Waals surface area contributed by atoms with Crippen LogP contribution < -0.4 is 0 Å². The molecule has 0 aromatic carbocycles. The zero-order valence-electron chi connectivity index (χ0n) is 19.5. The van der Waals surface area contributed by atoms with Gasteiger partial charge in [-0.05, 0) is 51.7 Å². The van der Waals surface area contributed by atoms with Crippen LogP contribution in [-0.2, 0) is 16.0 Å². The van der Waals surface area contributed by atoms with Gasteiger partial charge in [-0.2, -0.15) is 5.26 Å². The van der Waals surface area contributed by atoms with E-state index in [1.165, 1.54) is 6.07 Å². The van der Waals surface area contributed by atoms with Crippen LogP contribution in [0.1, 0.15) is 51.6 Å². The number of carbonyl (C=O) groups excluding carboxylic acids is 1. The molecular formula is C25H27FN6O2. The van der Waals surface area contributed by atoms with Crippen molar-refractivity contribution in [2.45, 2.75) is 52.5 Å². The van der Waals surface area contributed by atoms with Gasteiger partial charge in [-0.15, -0.1) is 0 Å². The molecule has 0 aliphatic heterocycles. The minimum Gasteiger partial charge on any atom is -0.466 e. The number of aryl methyl sites for hydroxylation is 1. The van der Waals surface area contributed by atoms with E-state index in [9.17, 15) is 9.18 Å². The molecule has 4 aromatic rings.